The molecule has 1 aromatic carbocycles. The zero-order valence-electron chi connectivity index (χ0n) is 5.77. The van der Waals surface area contributed by atoms with E-state index in [4.69, 9.17) is 0 Å². The molecule has 0 spiro atoms. The molecule has 0 saturated heterocycles. The van der Waals surface area contributed by atoms with Crippen molar-refractivity contribution in [1.29, 1.82) is 0 Å². The van der Waals surface area contributed by atoms with Gasteiger partial charge in [0, 0.05) is 12.1 Å². The van der Waals surface area contributed by atoms with Crippen LogP contribution in [0.4, 0.5) is 5.69 Å². The van der Waals surface area contributed by atoms with Gasteiger partial charge >= 0.3 is 0 Å². The average Bonchev–Trinajstić information content (AvgIpc) is 2.47. The van der Waals surface area contributed by atoms with E-state index in [1.807, 2.05) is 0 Å². The van der Waals surface area contributed by atoms with Gasteiger partial charge in [0.15, 0.2) is 0 Å². The summed E-state index contributed by atoms with van der Waals surface area (Å²) in [6, 6.07) is 2.05. The van der Waals surface area contributed by atoms with Crippen molar-refractivity contribution in [1.82, 2.24) is 0 Å². The summed E-state index contributed by atoms with van der Waals surface area (Å²) in [6.45, 7) is 4.15. The van der Waals surface area contributed by atoms with E-state index in [0.717, 1.165) is 12.1 Å². The van der Waals surface area contributed by atoms with Crippen LogP contribution in [0.2, 0.25) is 0 Å². The lowest BCUT2D eigenvalue weighted by molar-refractivity contribution is 0.766. The molecule has 0 fully saturated rings. The van der Waals surface area contributed by atoms with Gasteiger partial charge in [0.1, 0.15) is 0 Å². The second kappa shape index (κ2) is 2.21. The molecule has 50 valence electrons. The first kappa shape index (κ1) is 6.33. The lowest BCUT2D eigenvalue weighted by Crippen LogP contribution is -2.12. The molecule has 1 rings (SSSR count). The third kappa shape index (κ3) is 1.56. The molecule has 0 aliphatic carbocycles. The second-order valence-corrected chi connectivity index (χ2v) is 2.38. The predicted octanol–water partition coefficient (Wildman–Crippen LogP) is 1.13. The van der Waals surface area contributed by atoms with Crippen molar-refractivity contribution in [3.8, 4) is 0 Å². The Morgan fingerprint density at radius 3 is 2.67 bits per heavy atom. The molecule has 1 N–H and O–H groups in total. The van der Waals surface area contributed by atoms with E-state index in [1.54, 1.807) is 6.07 Å². The Morgan fingerprint density at radius 1 is 1.78 bits per heavy atom. The normalized spacial score (nSPS) is 14.0. The monoisotopic (exact) mass is 125 g/mol. The third-order valence-electron chi connectivity index (χ3n) is 1.47. The molecule has 0 aromatic heterocycles. The maximum absolute atomic E-state index is 10.4. The van der Waals surface area contributed by atoms with E-state index < -0.39 is 0 Å². The van der Waals surface area contributed by atoms with Crippen molar-refractivity contribution in [2.24, 2.45) is 0 Å². The Bertz CT molecular complexity index is 198. The summed E-state index contributed by atoms with van der Waals surface area (Å²) in [6.07, 6.45) is 1.06. The van der Waals surface area contributed by atoms with Gasteiger partial charge in [0.2, 0.25) is 5.43 Å². The highest BCUT2D eigenvalue weighted by atomic mass is 16.1. The Labute approximate surface area is 54.6 Å². The third-order valence-corrected chi connectivity index (χ3v) is 1.47. The van der Waals surface area contributed by atoms with E-state index in [1.165, 1.54) is 0 Å². The minimum atomic E-state index is 0.162. The number of nitrogens with one attached hydrogen (secondary N) is 1. The molecule has 1 aromatic rings. The largest absolute Gasteiger partial charge is 0.379 e. The van der Waals surface area contributed by atoms with Gasteiger partial charge in [0.05, 0.1) is 5.69 Å². The van der Waals surface area contributed by atoms with E-state index in [0.29, 0.717) is 6.04 Å². The Hall–Kier alpha value is -0.790. The van der Waals surface area contributed by atoms with Crippen LogP contribution >= 0.6 is 0 Å². The fourth-order valence-corrected chi connectivity index (χ4v) is 0.575. The number of hydrogen-bond acceptors (Lipinski definition) is 2. The van der Waals surface area contributed by atoms with Gasteiger partial charge in [-0.2, -0.15) is 0 Å². The molecule has 2 nitrogen and oxygen atoms in total. The molecule has 0 saturated carbocycles. The van der Waals surface area contributed by atoms with Crippen molar-refractivity contribution in [2.45, 2.75) is 26.3 Å². The maximum Gasteiger partial charge on any atom is 0.203 e. The molecule has 0 bridgehead atoms. The Morgan fingerprint density at radius 2 is 2.33 bits per heavy atom. The first-order valence-electron chi connectivity index (χ1n) is 3.26. The first-order valence-corrected chi connectivity index (χ1v) is 3.26. The summed E-state index contributed by atoms with van der Waals surface area (Å²) in [7, 11) is 0. The fourth-order valence-electron chi connectivity index (χ4n) is 0.575. The summed E-state index contributed by atoms with van der Waals surface area (Å²) in [5, 5.41) is 3.06. The minimum absolute atomic E-state index is 0.162. The highest BCUT2D eigenvalue weighted by Gasteiger charge is 2.08. The SMILES string of the molecule is CCC(C)Nc1cc1=O. The van der Waals surface area contributed by atoms with Gasteiger partial charge in [-0.3, -0.25) is 4.79 Å². The minimum Gasteiger partial charge on any atom is -0.379 e. The van der Waals surface area contributed by atoms with Crippen molar-refractivity contribution in [2.75, 3.05) is 5.32 Å². The van der Waals surface area contributed by atoms with Crippen molar-refractivity contribution in [3.63, 3.8) is 0 Å². The van der Waals surface area contributed by atoms with Crippen LogP contribution in [0.5, 0.6) is 0 Å². The standard InChI is InChI=1S/C7H11NO/c1-3-5(2)8-6-4-7(6)9/h4-5,8H,3H2,1-2H3. The Kier molecular flexibility index (Phi) is 1.56. The van der Waals surface area contributed by atoms with Crippen LogP contribution in [0, 0.1) is 0 Å². The zero-order valence-corrected chi connectivity index (χ0v) is 5.77. The second-order valence-electron chi connectivity index (χ2n) is 2.38. The molecule has 0 amide bonds. The van der Waals surface area contributed by atoms with Gasteiger partial charge in [0.25, 0.3) is 0 Å². The predicted molar refractivity (Wildman–Crippen MR) is 38.5 cm³/mol. The van der Waals surface area contributed by atoms with Crippen LogP contribution in [0.25, 0.3) is 0 Å². The summed E-state index contributed by atoms with van der Waals surface area (Å²) >= 11 is 0. The molecule has 1 unspecified atom stereocenters. The lowest BCUT2D eigenvalue weighted by Gasteiger charge is -2.06. The highest BCUT2D eigenvalue weighted by Crippen LogP contribution is 2.06. The number of rotatable bonds is 3. The van der Waals surface area contributed by atoms with Crippen molar-refractivity contribution in [3.05, 3.63) is 16.3 Å². The van der Waals surface area contributed by atoms with Gasteiger partial charge in [-0.15, -0.1) is 0 Å². The molecular weight excluding hydrogens is 114 g/mol. The molecule has 0 radical (unpaired) electrons. The van der Waals surface area contributed by atoms with Crippen LogP contribution < -0.4 is 10.7 Å². The zero-order chi connectivity index (χ0) is 6.85. The quantitative estimate of drug-likeness (QED) is 0.656. The van der Waals surface area contributed by atoms with Crippen LogP contribution in [0.3, 0.4) is 0 Å². The first-order chi connectivity index (χ1) is 4.24. The Balaban J connectivity index is 2.28. The fraction of sp³-hybridized carbons (Fsp3) is 0.571. The van der Waals surface area contributed by atoms with E-state index >= 15 is 0 Å². The highest BCUT2D eigenvalue weighted by molar-refractivity contribution is 5.53. The van der Waals surface area contributed by atoms with Gasteiger partial charge in [-0.1, -0.05) is 6.92 Å². The average molecular weight is 125 g/mol. The molecule has 0 aliphatic rings. The van der Waals surface area contributed by atoms with E-state index in [2.05, 4.69) is 19.2 Å². The number of anilines is 1. The van der Waals surface area contributed by atoms with Crippen molar-refractivity contribution >= 4 is 5.69 Å². The smallest absolute Gasteiger partial charge is 0.203 e. The van der Waals surface area contributed by atoms with Gasteiger partial charge < -0.3 is 5.32 Å². The topological polar surface area (TPSA) is 29.1 Å². The molecule has 0 aliphatic heterocycles. The molecular formula is C7H11NO. The van der Waals surface area contributed by atoms with Crippen LogP contribution in [0.15, 0.2) is 10.9 Å². The summed E-state index contributed by atoms with van der Waals surface area (Å²) in [5.41, 5.74) is 0.958. The van der Waals surface area contributed by atoms with Gasteiger partial charge in [-0.05, 0) is 13.3 Å². The molecule has 1 atom stereocenters. The molecule has 2 heteroatoms. The maximum atomic E-state index is 10.4. The van der Waals surface area contributed by atoms with Gasteiger partial charge in [-0.25, -0.2) is 0 Å². The van der Waals surface area contributed by atoms with E-state index in [9.17, 15) is 4.79 Å². The summed E-state index contributed by atoms with van der Waals surface area (Å²) < 4.78 is 0. The molecule has 9 heavy (non-hydrogen) atoms. The van der Waals surface area contributed by atoms with Crippen LogP contribution in [0.1, 0.15) is 20.3 Å². The number of hydrogen-bond donors (Lipinski definition) is 1. The molecule has 0 heterocycles. The van der Waals surface area contributed by atoms with Crippen LogP contribution in [-0.4, -0.2) is 6.04 Å². The van der Waals surface area contributed by atoms with Crippen molar-refractivity contribution < 1.29 is 0 Å². The summed E-state index contributed by atoms with van der Waals surface area (Å²) in [4.78, 5) is 10.4. The lowest BCUT2D eigenvalue weighted by atomic mass is 10.3. The van der Waals surface area contributed by atoms with E-state index in [-0.39, 0.29) is 5.43 Å². The summed E-state index contributed by atoms with van der Waals surface area (Å²) in [5.74, 6) is 0. The van der Waals surface area contributed by atoms with Crippen LogP contribution in [-0.2, 0) is 0 Å².